The summed E-state index contributed by atoms with van der Waals surface area (Å²) in [5.41, 5.74) is 0.313. The van der Waals surface area contributed by atoms with E-state index < -0.39 is 27.4 Å². The minimum atomic E-state index is -2.92. The summed E-state index contributed by atoms with van der Waals surface area (Å²) < 4.78 is 16.6. The van der Waals surface area contributed by atoms with Gasteiger partial charge in [-0.3, -0.25) is 9.78 Å². The number of amides is 1. The summed E-state index contributed by atoms with van der Waals surface area (Å²) in [4.78, 5) is 28.0. The minimum Gasteiger partial charge on any atom is -0.506 e. The molecule has 1 atom stereocenters. The highest BCUT2D eigenvalue weighted by Gasteiger charge is 2.13. The van der Waals surface area contributed by atoms with Crippen LogP contribution in [0.25, 0.3) is 0 Å². The van der Waals surface area contributed by atoms with E-state index in [-0.39, 0.29) is 16.7 Å². The number of carboxylic acids is 1. The monoisotopic (exact) mass is 420 g/mol. The minimum absolute atomic E-state index is 0.107. The largest absolute Gasteiger partial charge is 0.506 e. The number of benzene rings is 2. The van der Waals surface area contributed by atoms with Gasteiger partial charge in [0.05, 0.1) is 20.9 Å². The van der Waals surface area contributed by atoms with Crippen molar-refractivity contribution < 1.29 is 24.0 Å². The maximum atomic E-state index is 12.8. The van der Waals surface area contributed by atoms with Crippen molar-refractivity contribution >= 4 is 21.6 Å². The van der Waals surface area contributed by atoms with E-state index in [0.29, 0.717) is 10.5 Å². The lowest BCUT2D eigenvalue weighted by molar-refractivity contribution is 0.0693. The fourth-order valence-electron chi connectivity index (χ4n) is 2.52. The molecule has 2 N–H and O–H groups in total. The molecule has 0 unspecified atom stereocenters. The zero-order valence-corrected chi connectivity index (χ0v) is 16.6. The van der Waals surface area contributed by atoms with E-state index in [9.17, 15) is 18.9 Å². The Balaban J connectivity index is 1.92. The molecule has 0 bridgehead atoms. The number of rotatable bonds is 3. The Morgan fingerprint density at radius 2 is 1.77 bits per heavy atom. The Bertz CT molecular complexity index is 1310. The molecule has 3 aromatic rings. The molecule has 150 valence electrons. The standard InChI is InChI=1S/C22H16N2O5S/c1-30(29,18-7-3-2-4-8-18)24-21(26)17-12-15(13-23-14-17)10-11-16-6-5-9-19(20(16)25)22(27)28/h2-9,12-14,25H,1H3,(H,27,28)/t30-/m0/s1. The number of hydrogen-bond donors (Lipinski definition) is 2. The lowest BCUT2D eigenvalue weighted by Gasteiger charge is -2.03. The second-order valence-electron chi connectivity index (χ2n) is 6.23. The molecule has 1 heterocycles. The maximum absolute atomic E-state index is 12.8. The molecule has 8 heteroatoms. The summed E-state index contributed by atoms with van der Waals surface area (Å²) >= 11 is 0. The van der Waals surface area contributed by atoms with Crippen LogP contribution in [0.15, 0.2) is 76.2 Å². The van der Waals surface area contributed by atoms with Crippen molar-refractivity contribution in [2.75, 3.05) is 6.26 Å². The van der Waals surface area contributed by atoms with Gasteiger partial charge >= 0.3 is 5.97 Å². The van der Waals surface area contributed by atoms with E-state index in [4.69, 9.17) is 5.11 Å². The second kappa shape index (κ2) is 8.59. The Morgan fingerprint density at radius 1 is 1.03 bits per heavy atom. The van der Waals surface area contributed by atoms with Gasteiger partial charge in [0, 0.05) is 29.1 Å². The fraction of sp³-hybridized carbons (Fsp3) is 0.0455. The Morgan fingerprint density at radius 3 is 2.47 bits per heavy atom. The van der Waals surface area contributed by atoms with Crippen molar-refractivity contribution in [3.8, 4) is 17.6 Å². The molecule has 30 heavy (non-hydrogen) atoms. The highest BCUT2D eigenvalue weighted by molar-refractivity contribution is 7.93. The van der Waals surface area contributed by atoms with Crippen LogP contribution in [-0.4, -0.2) is 37.5 Å². The van der Waals surface area contributed by atoms with Gasteiger partial charge in [0.1, 0.15) is 11.3 Å². The summed E-state index contributed by atoms with van der Waals surface area (Å²) in [6.07, 6.45) is 4.08. The Labute approximate surface area is 173 Å². The third-order valence-electron chi connectivity index (χ3n) is 4.03. The Hall–Kier alpha value is -3.96. The first-order valence-electron chi connectivity index (χ1n) is 8.62. The smallest absolute Gasteiger partial charge is 0.339 e. The van der Waals surface area contributed by atoms with Crippen molar-refractivity contribution in [3.63, 3.8) is 0 Å². The molecule has 0 saturated carbocycles. The van der Waals surface area contributed by atoms with E-state index in [0.717, 1.165) is 0 Å². The van der Waals surface area contributed by atoms with Crippen LogP contribution < -0.4 is 0 Å². The molecular formula is C22H16N2O5S. The third kappa shape index (κ3) is 4.71. The number of aromatic hydroxyl groups is 1. The highest BCUT2D eigenvalue weighted by atomic mass is 32.2. The van der Waals surface area contributed by atoms with Gasteiger partial charge in [-0.2, -0.15) is 4.36 Å². The van der Waals surface area contributed by atoms with Crippen LogP contribution in [0.3, 0.4) is 0 Å². The maximum Gasteiger partial charge on any atom is 0.339 e. The molecule has 0 spiro atoms. The molecule has 0 aliphatic carbocycles. The number of aromatic carboxylic acids is 1. The normalized spacial score (nSPS) is 12.2. The summed E-state index contributed by atoms with van der Waals surface area (Å²) in [5, 5.41) is 19.1. The van der Waals surface area contributed by atoms with Gasteiger partial charge < -0.3 is 10.2 Å². The lowest BCUT2D eigenvalue weighted by Crippen LogP contribution is -2.04. The first-order chi connectivity index (χ1) is 14.3. The van der Waals surface area contributed by atoms with Gasteiger partial charge in [0.2, 0.25) is 0 Å². The van der Waals surface area contributed by atoms with Crippen molar-refractivity contribution in [2.24, 2.45) is 4.36 Å². The number of pyridine rings is 1. The molecule has 1 amide bonds. The number of carbonyl (C=O) groups is 2. The molecule has 3 rings (SSSR count). The number of phenols is 1. The average Bonchev–Trinajstić information content (AvgIpc) is 2.73. The van der Waals surface area contributed by atoms with E-state index in [1.807, 2.05) is 0 Å². The van der Waals surface area contributed by atoms with Crippen LogP contribution >= 0.6 is 0 Å². The number of carbonyl (C=O) groups excluding carboxylic acids is 1. The van der Waals surface area contributed by atoms with Crippen LogP contribution in [0, 0.1) is 11.8 Å². The van der Waals surface area contributed by atoms with Gasteiger partial charge in [-0.15, -0.1) is 0 Å². The van der Waals surface area contributed by atoms with E-state index in [2.05, 4.69) is 21.2 Å². The summed E-state index contributed by atoms with van der Waals surface area (Å²) in [5.74, 6) is 2.98. The first kappa shape index (κ1) is 20.8. The summed E-state index contributed by atoms with van der Waals surface area (Å²) in [6, 6.07) is 14.1. The number of para-hydroxylation sites is 1. The van der Waals surface area contributed by atoms with Crippen LogP contribution in [0.4, 0.5) is 0 Å². The predicted octanol–water partition coefficient (Wildman–Crippen LogP) is 3.18. The zero-order valence-electron chi connectivity index (χ0n) is 15.8. The molecule has 0 fully saturated rings. The number of aromatic nitrogens is 1. The average molecular weight is 420 g/mol. The van der Waals surface area contributed by atoms with Crippen LogP contribution in [0.5, 0.6) is 5.75 Å². The van der Waals surface area contributed by atoms with Crippen LogP contribution in [0.2, 0.25) is 0 Å². The first-order valence-corrected chi connectivity index (χ1v) is 10.5. The molecule has 1 aromatic heterocycles. The van der Waals surface area contributed by atoms with Crippen molar-refractivity contribution in [3.05, 3.63) is 89.2 Å². The highest BCUT2D eigenvalue weighted by Crippen LogP contribution is 2.21. The van der Waals surface area contributed by atoms with Gasteiger partial charge in [-0.05, 0) is 30.3 Å². The molecule has 7 nitrogen and oxygen atoms in total. The van der Waals surface area contributed by atoms with Crippen molar-refractivity contribution in [1.29, 1.82) is 0 Å². The van der Waals surface area contributed by atoms with Gasteiger partial charge in [0.25, 0.3) is 5.91 Å². The SMILES string of the molecule is C[S@@](=O)(=NC(=O)c1cncc(C#Cc2cccc(C(=O)O)c2O)c1)c1ccccc1. The quantitative estimate of drug-likeness (QED) is 0.629. The molecular weight excluding hydrogens is 404 g/mol. The number of carboxylic acid groups (broad SMARTS) is 1. The van der Waals surface area contributed by atoms with E-state index in [1.165, 1.54) is 42.9 Å². The molecule has 2 aromatic carbocycles. The fourth-order valence-corrected chi connectivity index (χ4v) is 3.71. The third-order valence-corrected chi connectivity index (χ3v) is 5.69. The second-order valence-corrected chi connectivity index (χ2v) is 8.49. The zero-order chi connectivity index (χ0) is 21.7. The van der Waals surface area contributed by atoms with Crippen LogP contribution in [-0.2, 0) is 9.73 Å². The Kier molecular flexibility index (Phi) is 5.95. The topological polar surface area (TPSA) is 117 Å². The van der Waals surface area contributed by atoms with Gasteiger partial charge in [-0.1, -0.05) is 36.1 Å². The molecule has 0 aliphatic rings. The van der Waals surface area contributed by atoms with E-state index in [1.54, 1.807) is 30.3 Å². The van der Waals surface area contributed by atoms with Crippen molar-refractivity contribution in [1.82, 2.24) is 4.98 Å². The summed E-state index contributed by atoms with van der Waals surface area (Å²) in [6.45, 7) is 0. The predicted molar refractivity (Wildman–Crippen MR) is 111 cm³/mol. The summed E-state index contributed by atoms with van der Waals surface area (Å²) in [7, 11) is -2.92. The lowest BCUT2D eigenvalue weighted by atomic mass is 10.1. The number of nitrogens with zero attached hydrogens (tertiary/aromatic N) is 2. The molecule has 0 radical (unpaired) electrons. The number of hydrogen-bond acceptors (Lipinski definition) is 5. The van der Waals surface area contributed by atoms with Crippen molar-refractivity contribution in [2.45, 2.75) is 4.90 Å². The molecule has 0 aliphatic heterocycles. The van der Waals surface area contributed by atoms with Gasteiger partial charge in [-0.25, -0.2) is 9.00 Å². The molecule has 0 saturated heterocycles. The van der Waals surface area contributed by atoms with Crippen LogP contribution in [0.1, 0.15) is 31.8 Å². The van der Waals surface area contributed by atoms with Gasteiger partial charge in [0.15, 0.2) is 0 Å². The van der Waals surface area contributed by atoms with E-state index >= 15 is 0 Å².